The Morgan fingerprint density at radius 1 is 1.36 bits per heavy atom. The van der Waals surface area contributed by atoms with Crippen LogP contribution < -0.4 is 0 Å². The van der Waals surface area contributed by atoms with Crippen LogP contribution in [0.25, 0.3) is 5.65 Å². The maximum atomic E-state index is 5.17. The SMILES string of the molecule is COCc1c(C)nc2cccc(C)n12. The molecule has 0 saturated heterocycles. The number of imidazole rings is 1. The van der Waals surface area contributed by atoms with Gasteiger partial charge in [-0.2, -0.15) is 0 Å². The number of ether oxygens (including phenoxy) is 1. The van der Waals surface area contributed by atoms with Crippen molar-refractivity contribution < 1.29 is 4.74 Å². The zero-order chi connectivity index (χ0) is 10.1. The van der Waals surface area contributed by atoms with Crippen molar-refractivity contribution in [2.24, 2.45) is 0 Å². The van der Waals surface area contributed by atoms with E-state index in [9.17, 15) is 0 Å². The lowest BCUT2D eigenvalue weighted by molar-refractivity contribution is 0.180. The molecule has 3 heteroatoms. The van der Waals surface area contributed by atoms with Crippen LogP contribution in [0.2, 0.25) is 0 Å². The van der Waals surface area contributed by atoms with Crippen molar-refractivity contribution in [2.45, 2.75) is 20.5 Å². The van der Waals surface area contributed by atoms with Gasteiger partial charge in [0.1, 0.15) is 5.65 Å². The molecule has 0 saturated carbocycles. The summed E-state index contributed by atoms with van der Waals surface area (Å²) in [5.74, 6) is 0. The fraction of sp³-hybridized carbons (Fsp3) is 0.364. The van der Waals surface area contributed by atoms with Crippen molar-refractivity contribution >= 4 is 5.65 Å². The van der Waals surface area contributed by atoms with E-state index in [1.807, 2.05) is 19.1 Å². The van der Waals surface area contributed by atoms with Crippen LogP contribution in [0, 0.1) is 13.8 Å². The summed E-state index contributed by atoms with van der Waals surface area (Å²) in [7, 11) is 1.71. The predicted octanol–water partition coefficient (Wildman–Crippen LogP) is 2.10. The van der Waals surface area contributed by atoms with Crippen molar-refractivity contribution in [1.29, 1.82) is 0 Å². The summed E-state index contributed by atoms with van der Waals surface area (Å²) in [5, 5.41) is 0. The highest BCUT2D eigenvalue weighted by atomic mass is 16.5. The van der Waals surface area contributed by atoms with Gasteiger partial charge in [0.25, 0.3) is 0 Å². The molecule has 0 bridgehead atoms. The smallest absolute Gasteiger partial charge is 0.137 e. The number of aromatic nitrogens is 2. The van der Waals surface area contributed by atoms with Crippen LogP contribution in [-0.2, 0) is 11.3 Å². The van der Waals surface area contributed by atoms with Crippen molar-refractivity contribution in [1.82, 2.24) is 9.38 Å². The predicted molar refractivity (Wildman–Crippen MR) is 55.4 cm³/mol. The average Bonchev–Trinajstić information content (AvgIpc) is 2.45. The molecule has 2 aromatic heterocycles. The van der Waals surface area contributed by atoms with E-state index >= 15 is 0 Å². The second-order valence-electron chi connectivity index (χ2n) is 3.44. The molecule has 2 aromatic rings. The molecule has 0 aliphatic carbocycles. The van der Waals surface area contributed by atoms with Crippen LogP contribution >= 0.6 is 0 Å². The first-order chi connectivity index (χ1) is 6.74. The van der Waals surface area contributed by atoms with E-state index in [-0.39, 0.29) is 0 Å². The van der Waals surface area contributed by atoms with Gasteiger partial charge in [0.15, 0.2) is 0 Å². The molecular formula is C11H14N2O. The molecule has 0 aliphatic heterocycles. The second kappa shape index (κ2) is 3.42. The first-order valence-electron chi connectivity index (χ1n) is 4.66. The Bertz CT molecular complexity index is 460. The van der Waals surface area contributed by atoms with Crippen LogP contribution in [0.5, 0.6) is 0 Å². The molecule has 0 atom stereocenters. The first kappa shape index (κ1) is 9.21. The second-order valence-corrected chi connectivity index (χ2v) is 3.44. The molecule has 0 aromatic carbocycles. The normalized spacial score (nSPS) is 11.1. The standard InChI is InChI=1S/C11H14N2O/c1-8-5-4-6-11-12-9(2)10(7-14-3)13(8)11/h4-6H,7H2,1-3H3. The third-order valence-electron chi connectivity index (χ3n) is 2.42. The van der Waals surface area contributed by atoms with E-state index in [1.54, 1.807) is 7.11 Å². The lowest BCUT2D eigenvalue weighted by atomic mass is 10.3. The third-order valence-corrected chi connectivity index (χ3v) is 2.42. The highest BCUT2D eigenvalue weighted by Gasteiger charge is 2.08. The molecule has 0 unspecified atom stereocenters. The van der Waals surface area contributed by atoms with Crippen LogP contribution in [0.3, 0.4) is 0 Å². The molecule has 74 valence electrons. The number of fused-ring (bicyclic) bond motifs is 1. The van der Waals surface area contributed by atoms with Gasteiger partial charge in [-0.15, -0.1) is 0 Å². The number of nitrogens with zero attached hydrogens (tertiary/aromatic N) is 2. The van der Waals surface area contributed by atoms with Crippen molar-refractivity contribution in [3.05, 3.63) is 35.3 Å². The molecule has 0 amide bonds. The molecule has 0 fully saturated rings. The highest BCUT2D eigenvalue weighted by Crippen LogP contribution is 2.15. The number of pyridine rings is 1. The highest BCUT2D eigenvalue weighted by molar-refractivity contribution is 5.44. The number of hydrogen-bond acceptors (Lipinski definition) is 2. The van der Waals surface area contributed by atoms with Gasteiger partial charge >= 0.3 is 0 Å². The summed E-state index contributed by atoms with van der Waals surface area (Å²) >= 11 is 0. The third kappa shape index (κ3) is 1.30. The Morgan fingerprint density at radius 2 is 2.14 bits per heavy atom. The summed E-state index contributed by atoms with van der Waals surface area (Å²) in [4.78, 5) is 4.48. The molecule has 2 rings (SSSR count). The van der Waals surface area contributed by atoms with Crippen molar-refractivity contribution in [2.75, 3.05) is 7.11 Å². The lowest BCUT2D eigenvalue weighted by Gasteiger charge is -2.04. The summed E-state index contributed by atoms with van der Waals surface area (Å²) in [6.07, 6.45) is 0. The van der Waals surface area contributed by atoms with Gasteiger partial charge in [-0.1, -0.05) is 6.07 Å². The van der Waals surface area contributed by atoms with Gasteiger partial charge in [-0.05, 0) is 26.0 Å². The van der Waals surface area contributed by atoms with Crippen molar-refractivity contribution in [3.63, 3.8) is 0 Å². The molecule has 14 heavy (non-hydrogen) atoms. The molecule has 0 radical (unpaired) electrons. The zero-order valence-electron chi connectivity index (χ0n) is 8.74. The van der Waals surface area contributed by atoms with E-state index in [2.05, 4.69) is 22.4 Å². The minimum atomic E-state index is 0.609. The Balaban J connectivity index is 2.73. The fourth-order valence-corrected chi connectivity index (χ4v) is 1.75. The number of aryl methyl sites for hydroxylation is 2. The minimum Gasteiger partial charge on any atom is -0.378 e. The van der Waals surface area contributed by atoms with E-state index in [0.29, 0.717) is 6.61 Å². The summed E-state index contributed by atoms with van der Waals surface area (Å²) in [5.41, 5.74) is 4.37. The maximum Gasteiger partial charge on any atom is 0.137 e. The van der Waals surface area contributed by atoms with Crippen LogP contribution in [0.4, 0.5) is 0 Å². The van der Waals surface area contributed by atoms with E-state index in [4.69, 9.17) is 4.74 Å². The van der Waals surface area contributed by atoms with Gasteiger partial charge in [0.2, 0.25) is 0 Å². The van der Waals surface area contributed by atoms with Crippen LogP contribution in [-0.4, -0.2) is 16.5 Å². The first-order valence-corrected chi connectivity index (χ1v) is 4.66. The topological polar surface area (TPSA) is 26.5 Å². The quantitative estimate of drug-likeness (QED) is 0.725. The number of rotatable bonds is 2. The van der Waals surface area contributed by atoms with E-state index in [1.165, 1.54) is 5.69 Å². The summed E-state index contributed by atoms with van der Waals surface area (Å²) < 4.78 is 7.31. The van der Waals surface area contributed by atoms with Gasteiger partial charge in [0.05, 0.1) is 18.0 Å². The Labute approximate surface area is 83.3 Å². The molecule has 0 aliphatic rings. The van der Waals surface area contributed by atoms with E-state index < -0.39 is 0 Å². The van der Waals surface area contributed by atoms with E-state index in [0.717, 1.165) is 17.0 Å². The Morgan fingerprint density at radius 3 is 2.86 bits per heavy atom. The van der Waals surface area contributed by atoms with Gasteiger partial charge in [-0.25, -0.2) is 4.98 Å². The fourth-order valence-electron chi connectivity index (χ4n) is 1.75. The molecule has 0 N–H and O–H groups in total. The zero-order valence-corrected chi connectivity index (χ0v) is 8.74. The number of methoxy groups -OCH3 is 1. The minimum absolute atomic E-state index is 0.609. The average molecular weight is 190 g/mol. The summed E-state index contributed by atoms with van der Waals surface area (Å²) in [6, 6.07) is 6.11. The maximum absolute atomic E-state index is 5.17. The molecular weight excluding hydrogens is 176 g/mol. The van der Waals surface area contributed by atoms with Gasteiger partial charge in [0, 0.05) is 12.8 Å². The number of hydrogen-bond donors (Lipinski definition) is 0. The van der Waals surface area contributed by atoms with Crippen LogP contribution in [0.1, 0.15) is 17.1 Å². The molecule has 2 heterocycles. The van der Waals surface area contributed by atoms with Gasteiger partial charge in [-0.3, -0.25) is 4.40 Å². The summed E-state index contributed by atoms with van der Waals surface area (Å²) in [6.45, 7) is 4.70. The van der Waals surface area contributed by atoms with Crippen LogP contribution in [0.15, 0.2) is 18.2 Å². The largest absolute Gasteiger partial charge is 0.378 e. The van der Waals surface area contributed by atoms with Gasteiger partial charge < -0.3 is 4.74 Å². The molecule has 0 spiro atoms. The van der Waals surface area contributed by atoms with Crippen molar-refractivity contribution in [3.8, 4) is 0 Å². The monoisotopic (exact) mass is 190 g/mol. The Kier molecular flexibility index (Phi) is 2.25. The lowest BCUT2D eigenvalue weighted by Crippen LogP contribution is -1.99. The Hall–Kier alpha value is -1.35. The molecule has 3 nitrogen and oxygen atoms in total.